The van der Waals surface area contributed by atoms with E-state index in [1.54, 1.807) is 6.08 Å². The zero-order valence-corrected chi connectivity index (χ0v) is 18.6. The van der Waals surface area contributed by atoms with Gasteiger partial charge in [-0.3, -0.25) is 9.59 Å². The number of thiazole rings is 1. The number of halogens is 1. The standard InChI is InChI=1S/C22H18BrN3O3S/c1-2-10-29-17-8-6-14(7-9-17)12-18-20(27)24-22-26(25-18)21(28)19(30-22)13-15-4-3-5-16(23)11-15/h3-9,11,13H,2,10,12H2,1H3/b19-13-. The second-order valence-electron chi connectivity index (χ2n) is 6.70. The number of hydrogen-bond acceptors (Lipinski definition) is 6. The van der Waals surface area contributed by atoms with Gasteiger partial charge in [-0.05, 0) is 47.9 Å². The maximum atomic E-state index is 12.8. The number of nitrogens with zero attached hydrogens (tertiary/aromatic N) is 3. The average molecular weight is 484 g/mol. The molecule has 0 fully saturated rings. The SMILES string of the molecule is CCCOc1ccc(Cc2nn3c(=O)/c(=C/c4cccc(Br)c4)sc3nc2=O)cc1. The van der Waals surface area contributed by atoms with Crippen molar-refractivity contribution < 1.29 is 4.74 Å². The van der Waals surface area contributed by atoms with Crippen LogP contribution < -0.4 is 20.4 Å². The quantitative estimate of drug-likeness (QED) is 0.421. The third-order valence-corrected chi connectivity index (χ3v) is 5.82. The molecule has 2 aromatic carbocycles. The Labute approximate surface area is 184 Å². The third kappa shape index (κ3) is 4.49. The largest absolute Gasteiger partial charge is 0.494 e. The monoisotopic (exact) mass is 483 g/mol. The molecule has 0 saturated carbocycles. The Morgan fingerprint density at radius 2 is 1.97 bits per heavy atom. The fraction of sp³-hybridized carbons (Fsp3) is 0.182. The molecule has 2 aromatic heterocycles. The van der Waals surface area contributed by atoms with Gasteiger partial charge < -0.3 is 4.74 Å². The van der Waals surface area contributed by atoms with Crippen molar-refractivity contribution in [3.05, 3.63) is 95.1 Å². The molecule has 30 heavy (non-hydrogen) atoms. The van der Waals surface area contributed by atoms with E-state index in [9.17, 15) is 9.59 Å². The first kappa shape index (κ1) is 20.4. The summed E-state index contributed by atoms with van der Waals surface area (Å²) in [5, 5.41) is 4.30. The minimum Gasteiger partial charge on any atom is -0.494 e. The summed E-state index contributed by atoms with van der Waals surface area (Å²) in [6.45, 7) is 2.71. The predicted octanol–water partition coefficient (Wildman–Crippen LogP) is 3.20. The summed E-state index contributed by atoms with van der Waals surface area (Å²) in [6.07, 6.45) is 3.00. The molecule has 4 rings (SSSR count). The van der Waals surface area contributed by atoms with Crippen molar-refractivity contribution in [2.75, 3.05) is 6.61 Å². The number of hydrogen-bond donors (Lipinski definition) is 0. The Morgan fingerprint density at radius 1 is 1.17 bits per heavy atom. The molecule has 0 spiro atoms. The Kier molecular flexibility index (Phi) is 6.06. The van der Waals surface area contributed by atoms with Crippen molar-refractivity contribution >= 4 is 38.3 Å². The highest BCUT2D eigenvalue weighted by atomic mass is 79.9. The van der Waals surface area contributed by atoms with E-state index in [1.165, 1.54) is 4.52 Å². The van der Waals surface area contributed by atoms with E-state index in [0.29, 0.717) is 22.5 Å². The van der Waals surface area contributed by atoms with Crippen molar-refractivity contribution in [3.8, 4) is 5.75 Å². The van der Waals surface area contributed by atoms with Gasteiger partial charge in [-0.1, -0.05) is 58.5 Å². The fourth-order valence-corrected chi connectivity index (χ4v) is 4.24. The molecule has 152 valence electrons. The first-order valence-electron chi connectivity index (χ1n) is 9.45. The molecule has 4 aromatic rings. The Morgan fingerprint density at radius 3 is 2.70 bits per heavy atom. The lowest BCUT2D eigenvalue weighted by atomic mass is 10.1. The topological polar surface area (TPSA) is 73.6 Å². The van der Waals surface area contributed by atoms with Gasteiger partial charge in [0, 0.05) is 10.9 Å². The first-order chi connectivity index (χ1) is 14.5. The van der Waals surface area contributed by atoms with Crippen LogP contribution in [-0.4, -0.2) is 21.2 Å². The van der Waals surface area contributed by atoms with Crippen LogP contribution in [0, 0.1) is 0 Å². The number of benzene rings is 2. The van der Waals surface area contributed by atoms with Gasteiger partial charge >= 0.3 is 0 Å². The molecule has 0 amide bonds. The van der Waals surface area contributed by atoms with E-state index in [0.717, 1.165) is 39.1 Å². The fourth-order valence-electron chi connectivity index (χ4n) is 2.92. The number of ether oxygens (including phenoxy) is 1. The minimum atomic E-state index is -0.420. The lowest BCUT2D eigenvalue weighted by Crippen LogP contribution is -2.28. The van der Waals surface area contributed by atoms with Crippen LogP contribution in [0.1, 0.15) is 30.2 Å². The van der Waals surface area contributed by atoms with Crippen molar-refractivity contribution in [2.45, 2.75) is 19.8 Å². The second kappa shape index (κ2) is 8.89. The summed E-state index contributed by atoms with van der Waals surface area (Å²) in [7, 11) is 0. The van der Waals surface area contributed by atoms with Gasteiger partial charge in [0.05, 0.1) is 11.1 Å². The summed E-state index contributed by atoms with van der Waals surface area (Å²) in [6, 6.07) is 15.1. The maximum Gasteiger partial charge on any atom is 0.296 e. The van der Waals surface area contributed by atoms with Crippen LogP contribution in [0.2, 0.25) is 0 Å². The van der Waals surface area contributed by atoms with Crippen LogP contribution in [0.3, 0.4) is 0 Å². The summed E-state index contributed by atoms with van der Waals surface area (Å²) < 4.78 is 8.18. The normalized spacial score (nSPS) is 11.9. The van der Waals surface area contributed by atoms with E-state index in [1.807, 2.05) is 55.5 Å². The van der Waals surface area contributed by atoms with Crippen LogP contribution in [0.25, 0.3) is 11.0 Å². The van der Waals surface area contributed by atoms with Crippen LogP contribution in [0.4, 0.5) is 0 Å². The van der Waals surface area contributed by atoms with Gasteiger partial charge in [-0.25, -0.2) is 0 Å². The van der Waals surface area contributed by atoms with Crippen molar-refractivity contribution in [1.82, 2.24) is 14.6 Å². The van der Waals surface area contributed by atoms with Gasteiger partial charge in [0.15, 0.2) is 0 Å². The van der Waals surface area contributed by atoms with Crippen LogP contribution in [0.15, 0.2) is 62.6 Å². The van der Waals surface area contributed by atoms with Gasteiger partial charge in [0.1, 0.15) is 11.4 Å². The molecule has 0 unspecified atom stereocenters. The molecule has 2 heterocycles. The van der Waals surface area contributed by atoms with E-state index in [2.05, 4.69) is 26.0 Å². The molecule has 8 heteroatoms. The lowest BCUT2D eigenvalue weighted by molar-refractivity contribution is 0.317. The molecule has 0 atom stereocenters. The smallest absolute Gasteiger partial charge is 0.296 e. The molecule has 0 N–H and O–H groups in total. The molecule has 0 aliphatic carbocycles. The Balaban J connectivity index is 1.67. The van der Waals surface area contributed by atoms with Crippen LogP contribution >= 0.6 is 27.3 Å². The molecule has 0 radical (unpaired) electrons. The summed E-state index contributed by atoms with van der Waals surface area (Å²) in [4.78, 5) is 29.6. The van der Waals surface area contributed by atoms with Crippen molar-refractivity contribution in [1.29, 1.82) is 0 Å². The Bertz CT molecular complexity index is 1360. The highest BCUT2D eigenvalue weighted by Crippen LogP contribution is 2.14. The predicted molar refractivity (Wildman–Crippen MR) is 121 cm³/mol. The van der Waals surface area contributed by atoms with E-state index < -0.39 is 5.56 Å². The second-order valence-corrected chi connectivity index (χ2v) is 8.62. The molecule has 0 aliphatic rings. The highest BCUT2D eigenvalue weighted by molar-refractivity contribution is 9.10. The molecule has 6 nitrogen and oxygen atoms in total. The van der Waals surface area contributed by atoms with Gasteiger partial charge in [0.2, 0.25) is 4.96 Å². The Hall–Kier alpha value is -2.84. The van der Waals surface area contributed by atoms with Gasteiger partial charge in [-0.2, -0.15) is 14.6 Å². The number of fused-ring (bicyclic) bond motifs is 1. The molecular formula is C22H18BrN3O3S. The van der Waals surface area contributed by atoms with E-state index >= 15 is 0 Å². The lowest BCUT2D eigenvalue weighted by Gasteiger charge is -2.05. The number of aromatic nitrogens is 3. The zero-order valence-electron chi connectivity index (χ0n) is 16.2. The average Bonchev–Trinajstić information content (AvgIpc) is 3.02. The molecule has 0 aliphatic heterocycles. The van der Waals surface area contributed by atoms with Crippen LogP contribution in [0.5, 0.6) is 5.75 Å². The summed E-state index contributed by atoms with van der Waals surface area (Å²) in [5.74, 6) is 0.784. The van der Waals surface area contributed by atoms with Crippen molar-refractivity contribution in [2.24, 2.45) is 0 Å². The van der Waals surface area contributed by atoms with Gasteiger partial charge in [0.25, 0.3) is 11.1 Å². The van der Waals surface area contributed by atoms with Gasteiger partial charge in [-0.15, -0.1) is 0 Å². The molecular weight excluding hydrogens is 466 g/mol. The molecule has 0 bridgehead atoms. The maximum absolute atomic E-state index is 12.8. The summed E-state index contributed by atoms with van der Waals surface area (Å²) >= 11 is 4.57. The molecule has 0 saturated heterocycles. The van der Waals surface area contributed by atoms with Crippen molar-refractivity contribution in [3.63, 3.8) is 0 Å². The first-order valence-corrected chi connectivity index (χ1v) is 11.1. The van der Waals surface area contributed by atoms with E-state index in [4.69, 9.17) is 4.74 Å². The minimum absolute atomic E-state index is 0.235. The number of rotatable bonds is 6. The highest BCUT2D eigenvalue weighted by Gasteiger charge is 2.12. The zero-order chi connectivity index (χ0) is 21.1. The summed E-state index contributed by atoms with van der Waals surface area (Å²) in [5.41, 5.74) is 1.30. The van der Waals surface area contributed by atoms with E-state index in [-0.39, 0.29) is 11.3 Å². The third-order valence-electron chi connectivity index (χ3n) is 4.36. The van der Waals surface area contributed by atoms with Crippen LogP contribution in [-0.2, 0) is 6.42 Å².